The number of rotatable bonds is 6. The van der Waals surface area contributed by atoms with E-state index in [1.165, 1.54) is 12.4 Å². The number of nitrogens with zero attached hydrogens (tertiary/aromatic N) is 2. The molecule has 1 aromatic carbocycles. The largest absolute Gasteiger partial charge is 0.486 e. The van der Waals surface area contributed by atoms with Crippen LogP contribution in [0.15, 0.2) is 30.6 Å². The molecule has 2 N–H and O–H groups in total. The molecule has 0 fully saturated rings. The average molecular weight is 330 g/mol. The maximum Gasteiger partial charge on any atom is 0.254 e. The fourth-order valence-corrected chi connectivity index (χ4v) is 2.13. The molecule has 0 bridgehead atoms. The summed E-state index contributed by atoms with van der Waals surface area (Å²) in [6.45, 7) is 1.97. The van der Waals surface area contributed by atoms with Crippen LogP contribution in [0.5, 0.6) is 11.5 Å². The number of aromatic nitrogens is 2. The van der Waals surface area contributed by atoms with Crippen LogP contribution in [-0.4, -0.2) is 49.4 Å². The molecule has 2 aromatic rings. The molecule has 8 heteroatoms. The van der Waals surface area contributed by atoms with Crippen molar-refractivity contribution < 1.29 is 19.0 Å². The summed E-state index contributed by atoms with van der Waals surface area (Å²) in [6.07, 6.45) is 2.94. The quantitative estimate of drug-likeness (QED) is 0.772. The van der Waals surface area contributed by atoms with Crippen molar-refractivity contribution in [3.8, 4) is 11.5 Å². The average Bonchev–Trinajstić information content (AvgIpc) is 2.62. The number of hydrogen-bond acceptors (Lipinski definition) is 7. The number of benzene rings is 1. The molecule has 0 radical (unpaired) electrons. The lowest BCUT2D eigenvalue weighted by atomic mass is 10.2. The Morgan fingerprint density at radius 2 is 1.96 bits per heavy atom. The molecule has 0 aliphatic carbocycles. The maximum absolute atomic E-state index is 11.9. The molecule has 1 aliphatic heterocycles. The van der Waals surface area contributed by atoms with Gasteiger partial charge in [-0.15, -0.1) is 0 Å². The highest BCUT2D eigenvalue weighted by atomic mass is 16.6. The molecule has 0 saturated heterocycles. The molecule has 1 aromatic heterocycles. The molecular weight excluding hydrogens is 312 g/mol. The molecule has 0 atom stereocenters. The van der Waals surface area contributed by atoms with Crippen molar-refractivity contribution in [2.45, 2.75) is 0 Å². The summed E-state index contributed by atoms with van der Waals surface area (Å²) >= 11 is 0. The molecule has 0 unspecified atom stereocenters. The first-order valence-corrected chi connectivity index (χ1v) is 7.52. The van der Waals surface area contributed by atoms with Gasteiger partial charge < -0.3 is 24.8 Å². The molecule has 2 heterocycles. The van der Waals surface area contributed by atoms with E-state index < -0.39 is 0 Å². The van der Waals surface area contributed by atoms with Crippen molar-refractivity contribution in [1.82, 2.24) is 15.3 Å². The number of fused-ring (bicyclic) bond motifs is 1. The minimum Gasteiger partial charge on any atom is -0.486 e. The Kier molecular flexibility index (Phi) is 5.07. The Balaban J connectivity index is 1.63. The first-order chi connectivity index (χ1) is 11.8. The van der Waals surface area contributed by atoms with E-state index in [-0.39, 0.29) is 5.91 Å². The van der Waals surface area contributed by atoms with E-state index in [0.717, 1.165) is 11.4 Å². The normalized spacial score (nSPS) is 12.5. The van der Waals surface area contributed by atoms with E-state index >= 15 is 0 Å². The zero-order valence-corrected chi connectivity index (χ0v) is 13.2. The highest BCUT2D eigenvalue weighted by molar-refractivity contribution is 5.93. The monoisotopic (exact) mass is 330 g/mol. The smallest absolute Gasteiger partial charge is 0.254 e. The van der Waals surface area contributed by atoms with Crippen LogP contribution in [-0.2, 0) is 4.74 Å². The van der Waals surface area contributed by atoms with Crippen molar-refractivity contribution in [3.63, 3.8) is 0 Å². The van der Waals surface area contributed by atoms with Crippen molar-refractivity contribution in [2.24, 2.45) is 0 Å². The number of methoxy groups -OCH3 is 1. The van der Waals surface area contributed by atoms with Gasteiger partial charge in [0.2, 0.25) is 5.95 Å². The van der Waals surface area contributed by atoms with Gasteiger partial charge in [-0.3, -0.25) is 4.79 Å². The van der Waals surface area contributed by atoms with Crippen LogP contribution in [0.4, 0.5) is 11.6 Å². The summed E-state index contributed by atoms with van der Waals surface area (Å²) in [6, 6.07) is 5.50. The second kappa shape index (κ2) is 7.60. The summed E-state index contributed by atoms with van der Waals surface area (Å²) in [5, 5.41) is 5.77. The second-order valence-corrected chi connectivity index (χ2v) is 5.03. The van der Waals surface area contributed by atoms with Gasteiger partial charge in [-0.05, 0) is 12.1 Å². The summed E-state index contributed by atoms with van der Waals surface area (Å²) in [4.78, 5) is 20.2. The zero-order chi connectivity index (χ0) is 16.8. The predicted molar refractivity (Wildman–Crippen MR) is 87.0 cm³/mol. The third-order valence-electron chi connectivity index (χ3n) is 3.30. The molecule has 0 spiro atoms. The molecule has 0 saturated carbocycles. The van der Waals surface area contributed by atoms with Crippen LogP contribution >= 0.6 is 0 Å². The number of carbonyl (C=O) groups excluding carboxylic acids is 1. The fourth-order valence-electron chi connectivity index (χ4n) is 2.13. The van der Waals surface area contributed by atoms with Crippen LogP contribution in [0.1, 0.15) is 10.4 Å². The summed E-state index contributed by atoms with van der Waals surface area (Å²) < 4.78 is 15.9. The van der Waals surface area contributed by atoms with E-state index in [2.05, 4.69) is 20.6 Å². The van der Waals surface area contributed by atoms with Crippen LogP contribution < -0.4 is 20.1 Å². The number of anilines is 2. The van der Waals surface area contributed by atoms with Gasteiger partial charge in [-0.1, -0.05) is 0 Å². The third kappa shape index (κ3) is 3.90. The summed E-state index contributed by atoms with van der Waals surface area (Å²) in [5.74, 6) is 1.55. The Bertz CT molecular complexity index is 706. The van der Waals surface area contributed by atoms with E-state index in [1.54, 1.807) is 7.11 Å². The SMILES string of the molecule is COCCNC(=O)c1cnc(Nc2ccc3c(c2)OCCO3)nc1. The number of amides is 1. The lowest BCUT2D eigenvalue weighted by Crippen LogP contribution is -2.27. The predicted octanol–water partition coefficient (Wildman–Crippen LogP) is 1.37. The standard InChI is InChI=1S/C16H18N4O4/c1-22-5-4-17-15(21)11-9-18-16(19-10-11)20-12-2-3-13-14(8-12)24-7-6-23-13/h2-3,8-10H,4-7H2,1H3,(H,17,21)(H,18,19,20). The molecular formula is C16H18N4O4. The van der Waals surface area contributed by atoms with Crippen molar-refractivity contribution in [3.05, 3.63) is 36.2 Å². The Labute approximate surface area is 139 Å². The van der Waals surface area contributed by atoms with Gasteiger partial charge in [0.1, 0.15) is 13.2 Å². The molecule has 126 valence electrons. The van der Waals surface area contributed by atoms with Gasteiger partial charge in [0.25, 0.3) is 5.91 Å². The first kappa shape index (κ1) is 16.0. The summed E-state index contributed by atoms with van der Waals surface area (Å²) in [7, 11) is 1.58. The Hall–Kier alpha value is -2.87. The third-order valence-corrected chi connectivity index (χ3v) is 3.30. The molecule has 24 heavy (non-hydrogen) atoms. The van der Waals surface area contributed by atoms with E-state index in [4.69, 9.17) is 14.2 Å². The minimum absolute atomic E-state index is 0.238. The number of hydrogen-bond donors (Lipinski definition) is 2. The molecule has 8 nitrogen and oxygen atoms in total. The second-order valence-electron chi connectivity index (χ2n) is 5.03. The fraction of sp³-hybridized carbons (Fsp3) is 0.312. The number of carbonyl (C=O) groups is 1. The van der Waals surface area contributed by atoms with Gasteiger partial charge in [0.05, 0.1) is 12.2 Å². The molecule has 3 rings (SSSR count). The van der Waals surface area contributed by atoms with Crippen LogP contribution in [0.3, 0.4) is 0 Å². The first-order valence-electron chi connectivity index (χ1n) is 7.52. The molecule has 1 amide bonds. The summed E-state index contributed by atoms with van der Waals surface area (Å²) in [5.41, 5.74) is 1.16. The zero-order valence-electron chi connectivity index (χ0n) is 13.2. The Morgan fingerprint density at radius 1 is 1.21 bits per heavy atom. The van der Waals surface area contributed by atoms with E-state index in [9.17, 15) is 4.79 Å². The lowest BCUT2D eigenvalue weighted by molar-refractivity contribution is 0.0936. The van der Waals surface area contributed by atoms with Gasteiger partial charge in [0.15, 0.2) is 11.5 Å². The van der Waals surface area contributed by atoms with Crippen LogP contribution in [0.2, 0.25) is 0 Å². The topological polar surface area (TPSA) is 94.6 Å². The lowest BCUT2D eigenvalue weighted by Gasteiger charge is -2.18. The Morgan fingerprint density at radius 3 is 2.71 bits per heavy atom. The number of nitrogens with one attached hydrogen (secondary N) is 2. The van der Waals surface area contributed by atoms with Gasteiger partial charge in [-0.2, -0.15) is 0 Å². The van der Waals surface area contributed by atoms with Crippen LogP contribution in [0.25, 0.3) is 0 Å². The van der Waals surface area contributed by atoms with Crippen molar-refractivity contribution in [2.75, 3.05) is 38.8 Å². The van der Waals surface area contributed by atoms with E-state index in [0.29, 0.717) is 43.6 Å². The highest BCUT2D eigenvalue weighted by Gasteiger charge is 2.12. The minimum atomic E-state index is -0.238. The van der Waals surface area contributed by atoms with Crippen LogP contribution in [0, 0.1) is 0 Å². The molecule has 1 aliphatic rings. The highest BCUT2D eigenvalue weighted by Crippen LogP contribution is 2.33. The van der Waals surface area contributed by atoms with Crippen molar-refractivity contribution in [1.29, 1.82) is 0 Å². The number of ether oxygens (including phenoxy) is 3. The van der Waals surface area contributed by atoms with Crippen molar-refractivity contribution >= 4 is 17.5 Å². The van der Waals surface area contributed by atoms with Gasteiger partial charge in [0, 0.05) is 37.8 Å². The van der Waals surface area contributed by atoms with Gasteiger partial charge in [-0.25, -0.2) is 9.97 Å². The van der Waals surface area contributed by atoms with E-state index in [1.807, 2.05) is 18.2 Å². The maximum atomic E-state index is 11.9. The van der Waals surface area contributed by atoms with Gasteiger partial charge >= 0.3 is 0 Å².